The Morgan fingerprint density at radius 3 is 2.53 bits per heavy atom. The smallest absolute Gasteiger partial charge is 0.335 e. The average molecular weight is 478 g/mol. The van der Waals surface area contributed by atoms with E-state index < -0.39 is 17.8 Å². The van der Waals surface area contributed by atoms with E-state index in [0.29, 0.717) is 29.6 Å². The molecule has 1 aromatic heterocycles. The molecule has 0 unspecified atom stereocenters. The Balaban J connectivity index is 1.48. The van der Waals surface area contributed by atoms with Crippen molar-refractivity contribution in [3.63, 3.8) is 0 Å². The SMILES string of the molecule is Cc1ccc(OCCCn2cccc2C=C2C(=O)NC(=O)N(c3ccc(C)c(Cl)c3)C2=O)cc1. The third-order valence-electron chi connectivity index (χ3n) is 5.51. The van der Waals surface area contributed by atoms with Crippen LogP contribution in [-0.4, -0.2) is 29.0 Å². The molecule has 174 valence electrons. The van der Waals surface area contributed by atoms with Gasteiger partial charge < -0.3 is 9.30 Å². The van der Waals surface area contributed by atoms with E-state index in [4.69, 9.17) is 16.3 Å². The number of carbonyl (C=O) groups is 3. The summed E-state index contributed by atoms with van der Waals surface area (Å²) in [6, 6.07) is 15.5. The maximum absolute atomic E-state index is 13.1. The van der Waals surface area contributed by atoms with Crippen molar-refractivity contribution >= 4 is 41.2 Å². The van der Waals surface area contributed by atoms with Crippen LogP contribution in [0.25, 0.3) is 6.08 Å². The lowest BCUT2D eigenvalue weighted by Crippen LogP contribution is -2.54. The third-order valence-corrected chi connectivity index (χ3v) is 5.91. The van der Waals surface area contributed by atoms with Gasteiger partial charge in [0.15, 0.2) is 0 Å². The molecule has 0 saturated carbocycles. The van der Waals surface area contributed by atoms with E-state index in [2.05, 4.69) is 5.32 Å². The second kappa shape index (κ2) is 9.97. The fourth-order valence-corrected chi connectivity index (χ4v) is 3.76. The number of rotatable bonds is 7. The number of amides is 4. The topological polar surface area (TPSA) is 80.6 Å². The van der Waals surface area contributed by atoms with Gasteiger partial charge in [-0.25, -0.2) is 9.69 Å². The van der Waals surface area contributed by atoms with Crippen LogP contribution in [0.4, 0.5) is 10.5 Å². The van der Waals surface area contributed by atoms with Crippen LogP contribution in [-0.2, 0) is 16.1 Å². The first-order valence-electron chi connectivity index (χ1n) is 10.9. The van der Waals surface area contributed by atoms with E-state index in [9.17, 15) is 14.4 Å². The number of hydrogen-bond donors (Lipinski definition) is 1. The summed E-state index contributed by atoms with van der Waals surface area (Å²) in [5, 5.41) is 2.65. The van der Waals surface area contributed by atoms with Gasteiger partial charge in [-0.1, -0.05) is 35.4 Å². The van der Waals surface area contributed by atoms with Gasteiger partial charge in [-0.3, -0.25) is 14.9 Å². The summed E-state index contributed by atoms with van der Waals surface area (Å²) < 4.78 is 7.70. The van der Waals surface area contributed by atoms with E-state index in [-0.39, 0.29) is 5.57 Å². The van der Waals surface area contributed by atoms with Crippen molar-refractivity contribution in [2.24, 2.45) is 0 Å². The summed E-state index contributed by atoms with van der Waals surface area (Å²) in [7, 11) is 0. The maximum Gasteiger partial charge on any atom is 0.335 e. The van der Waals surface area contributed by atoms with E-state index in [1.807, 2.05) is 54.9 Å². The minimum absolute atomic E-state index is 0.132. The summed E-state index contributed by atoms with van der Waals surface area (Å²) in [6.45, 7) is 4.99. The number of nitrogens with zero attached hydrogens (tertiary/aromatic N) is 2. The number of aryl methyl sites for hydroxylation is 3. The minimum Gasteiger partial charge on any atom is -0.494 e. The average Bonchev–Trinajstić information content (AvgIpc) is 3.24. The molecule has 4 rings (SSSR count). The molecule has 1 aliphatic rings. The number of hydrogen-bond acceptors (Lipinski definition) is 4. The molecule has 1 aliphatic heterocycles. The predicted molar refractivity (Wildman–Crippen MR) is 131 cm³/mol. The Bertz CT molecular complexity index is 1280. The Hall–Kier alpha value is -3.84. The lowest BCUT2D eigenvalue weighted by molar-refractivity contribution is -0.122. The molecule has 3 aromatic rings. The van der Waals surface area contributed by atoms with E-state index in [1.54, 1.807) is 18.2 Å². The van der Waals surface area contributed by atoms with Gasteiger partial charge in [0.25, 0.3) is 11.8 Å². The number of benzene rings is 2. The maximum atomic E-state index is 13.1. The van der Waals surface area contributed by atoms with Crippen LogP contribution in [0.5, 0.6) is 5.75 Å². The zero-order valence-corrected chi connectivity index (χ0v) is 19.6. The largest absolute Gasteiger partial charge is 0.494 e. The van der Waals surface area contributed by atoms with Crippen LogP contribution in [0.1, 0.15) is 23.2 Å². The summed E-state index contributed by atoms with van der Waals surface area (Å²) in [5.41, 5.74) is 2.81. The van der Waals surface area contributed by atoms with Crippen molar-refractivity contribution in [1.29, 1.82) is 0 Å². The third kappa shape index (κ3) is 5.05. The molecule has 0 aliphatic carbocycles. The highest BCUT2D eigenvalue weighted by molar-refractivity contribution is 6.39. The zero-order chi connectivity index (χ0) is 24.2. The number of carbonyl (C=O) groups excluding carboxylic acids is 3. The molecule has 1 saturated heterocycles. The minimum atomic E-state index is -0.810. The Morgan fingerprint density at radius 1 is 1.03 bits per heavy atom. The fourth-order valence-electron chi connectivity index (χ4n) is 3.58. The van der Waals surface area contributed by atoms with Crippen molar-refractivity contribution in [2.75, 3.05) is 11.5 Å². The lowest BCUT2D eigenvalue weighted by atomic mass is 10.1. The number of nitrogens with one attached hydrogen (secondary N) is 1. The summed E-state index contributed by atoms with van der Waals surface area (Å²) in [5.74, 6) is -0.630. The standard InChI is InChI=1S/C26H24ClN3O4/c1-17-6-10-21(11-7-17)34-14-4-13-29-12-3-5-19(29)15-22-24(31)28-26(33)30(25(22)32)20-9-8-18(2)23(27)16-20/h3,5-12,15-16H,4,13-14H2,1-2H3,(H,28,31,33). The number of anilines is 1. The van der Waals surface area contributed by atoms with Crippen LogP contribution in [0.15, 0.2) is 66.4 Å². The van der Waals surface area contributed by atoms with Crippen LogP contribution >= 0.6 is 11.6 Å². The highest BCUT2D eigenvalue weighted by Gasteiger charge is 2.37. The van der Waals surface area contributed by atoms with Gasteiger partial charge in [-0.05, 0) is 68.3 Å². The lowest BCUT2D eigenvalue weighted by Gasteiger charge is -2.26. The number of barbiturate groups is 1. The van der Waals surface area contributed by atoms with Crippen LogP contribution in [0.2, 0.25) is 5.02 Å². The Morgan fingerprint density at radius 2 is 1.79 bits per heavy atom. The van der Waals surface area contributed by atoms with Gasteiger partial charge in [-0.2, -0.15) is 0 Å². The normalized spacial score (nSPS) is 15.1. The predicted octanol–water partition coefficient (Wildman–Crippen LogP) is 4.89. The summed E-state index contributed by atoms with van der Waals surface area (Å²) in [4.78, 5) is 39.0. The molecule has 0 bridgehead atoms. The molecule has 8 heteroatoms. The fraction of sp³-hybridized carbons (Fsp3) is 0.192. The molecule has 1 N–H and O–H groups in total. The molecule has 2 heterocycles. The van der Waals surface area contributed by atoms with Gasteiger partial charge in [0.05, 0.1) is 12.3 Å². The molecular weight excluding hydrogens is 454 g/mol. The highest BCUT2D eigenvalue weighted by Crippen LogP contribution is 2.26. The van der Waals surface area contributed by atoms with Crippen molar-refractivity contribution in [3.05, 3.63) is 88.2 Å². The molecule has 0 atom stereocenters. The van der Waals surface area contributed by atoms with E-state index in [0.717, 1.165) is 22.6 Å². The van der Waals surface area contributed by atoms with Crippen molar-refractivity contribution < 1.29 is 19.1 Å². The molecular formula is C26H24ClN3O4. The zero-order valence-electron chi connectivity index (χ0n) is 18.9. The van der Waals surface area contributed by atoms with Gasteiger partial charge in [-0.15, -0.1) is 0 Å². The molecule has 2 aromatic carbocycles. The van der Waals surface area contributed by atoms with Crippen molar-refractivity contribution in [3.8, 4) is 5.75 Å². The second-order valence-corrected chi connectivity index (χ2v) is 8.44. The van der Waals surface area contributed by atoms with Crippen molar-refractivity contribution in [2.45, 2.75) is 26.8 Å². The van der Waals surface area contributed by atoms with Crippen LogP contribution < -0.4 is 15.0 Å². The molecule has 0 spiro atoms. The number of ether oxygens (including phenoxy) is 1. The second-order valence-electron chi connectivity index (χ2n) is 8.03. The molecule has 0 radical (unpaired) electrons. The van der Waals surface area contributed by atoms with Gasteiger partial charge in [0.1, 0.15) is 11.3 Å². The molecule has 34 heavy (non-hydrogen) atoms. The monoisotopic (exact) mass is 477 g/mol. The summed E-state index contributed by atoms with van der Waals surface area (Å²) >= 11 is 6.17. The first-order valence-corrected chi connectivity index (χ1v) is 11.2. The number of halogens is 1. The molecule has 4 amide bonds. The number of imide groups is 2. The van der Waals surface area contributed by atoms with E-state index >= 15 is 0 Å². The first kappa shape index (κ1) is 23.3. The van der Waals surface area contributed by atoms with Gasteiger partial charge in [0.2, 0.25) is 0 Å². The van der Waals surface area contributed by atoms with Crippen molar-refractivity contribution in [1.82, 2.24) is 9.88 Å². The number of urea groups is 1. The first-order chi connectivity index (χ1) is 16.3. The Labute approximate surface area is 202 Å². The van der Waals surface area contributed by atoms with Gasteiger partial charge in [0, 0.05) is 23.5 Å². The molecule has 7 nitrogen and oxygen atoms in total. The molecule has 1 fully saturated rings. The van der Waals surface area contributed by atoms with Crippen LogP contribution in [0, 0.1) is 13.8 Å². The van der Waals surface area contributed by atoms with Gasteiger partial charge >= 0.3 is 6.03 Å². The van der Waals surface area contributed by atoms with E-state index in [1.165, 1.54) is 17.7 Å². The Kier molecular flexibility index (Phi) is 6.84. The number of aromatic nitrogens is 1. The highest BCUT2D eigenvalue weighted by atomic mass is 35.5. The summed E-state index contributed by atoms with van der Waals surface area (Å²) in [6.07, 6.45) is 4.09. The van der Waals surface area contributed by atoms with Crippen LogP contribution in [0.3, 0.4) is 0 Å². The quantitative estimate of drug-likeness (QED) is 0.298.